The van der Waals surface area contributed by atoms with E-state index < -0.39 is 0 Å². The number of aromatic nitrogens is 3. The molecule has 2 aromatic carbocycles. The highest BCUT2D eigenvalue weighted by Gasteiger charge is 2.24. The van der Waals surface area contributed by atoms with Crippen molar-refractivity contribution in [2.75, 3.05) is 5.73 Å². The Hall–Kier alpha value is -2.14. The Balaban J connectivity index is 0.000000143. The van der Waals surface area contributed by atoms with Gasteiger partial charge in [-0.25, -0.2) is 5.10 Å². The summed E-state index contributed by atoms with van der Waals surface area (Å²) in [5.74, 6) is 1.26. The summed E-state index contributed by atoms with van der Waals surface area (Å²) in [5, 5.41) is 9.00. The van der Waals surface area contributed by atoms with Crippen LogP contribution in [0, 0.1) is 4.77 Å². The molecule has 1 aliphatic rings. The maximum absolute atomic E-state index is 5.29. The highest BCUT2D eigenvalue weighted by atomic mass is 32.1. The summed E-state index contributed by atoms with van der Waals surface area (Å²) in [4.78, 5) is 0. The Morgan fingerprint density at radius 3 is 2.48 bits per heavy atom. The fraction of sp³-hybridized carbons (Fsp3) is 0.250. The summed E-state index contributed by atoms with van der Waals surface area (Å²) < 4.78 is 2.14. The standard InChI is InChI=1S/C13H12.C3H6N4S/c1-2-6-12-10(4-1)5-3-7-13(12)11-8-9-11;1-7-2(4)5-6-3(7)8/h1-7,11H,8-9H2;1H3,(H2,4,5)(H,6,8). The highest BCUT2D eigenvalue weighted by Crippen LogP contribution is 2.42. The molecule has 0 radical (unpaired) electrons. The zero-order valence-corrected chi connectivity index (χ0v) is 12.7. The minimum atomic E-state index is 0.412. The van der Waals surface area contributed by atoms with E-state index >= 15 is 0 Å². The van der Waals surface area contributed by atoms with Gasteiger partial charge >= 0.3 is 0 Å². The topological polar surface area (TPSA) is 59.6 Å². The summed E-state index contributed by atoms with van der Waals surface area (Å²) in [6.07, 6.45) is 2.77. The van der Waals surface area contributed by atoms with Crippen LogP contribution in [0.5, 0.6) is 0 Å². The van der Waals surface area contributed by atoms with Crippen LogP contribution in [0.25, 0.3) is 10.8 Å². The van der Waals surface area contributed by atoms with Crippen molar-refractivity contribution in [3.8, 4) is 0 Å². The second kappa shape index (κ2) is 5.69. The Labute approximate surface area is 128 Å². The van der Waals surface area contributed by atoms with Crippen LogP contribution in [0.3, 0.4) is 0 Å². The molecular weight excluding hydrogens is 280 g/mol. The van der Waals surface area contributed by atoms with E-state index in [2.05, 4.69) is 52.7 Å². The predicted octanol–water partition coefficient (Wildman–Crippen LogP) is 3.78. The molecule has 1 aliphatic carbocycles. The van der Waals surface area contributed by atoms with Gasteiger partial charge in [0.2, 0.25) is 5.95 Å². The summed E-state index contributed by atoms with van der Waals surface area (Å²) in [6, 6.07) is 15.3. The fourth-order valence-corrected chi connectivity index (χ4v) is 2.50. The second-order valence-corrected chi connectivity index (χ2v) is 5.68. The number of anilines is 1. The van der Waals surface area contributed by atoms with Gasteiger partial charge in [-0.05, 0) is 47.3 Å². The number of aromatic amines is 1. The number of hydrogen-bond acceptors (Lipinski definition) is 3. The summed E-state index contributed by atoms with van der Waals surface area (Å²) in [5.41, 5.74) is 6.85. The molecular formula is C16H18N4S. The number of nitrogens with two attached hydrogens (primary N) is 1. The Morgan fingerprint density at radius 1 is 1.19 bits per heavy atom. The molecule has 1 heterocycles. The molecule has 108 valence electrons. The van der Waals surface area contributed by atoms with E-state index in [1.54, 1.807) is 17.2 Å². The van der Waals surface area contributed by atoms with Gasteiger partial charge in [0, 0.05) is 7.05 Å². The van der Waals surface area contributed by atoms with Gasteiger partial charge in [-0.1, -0.05) is 42.5 Å². The smallest absolute Gasteiger partial charge is 0.220 e. The van der Waals surface area contributed by atoms with E-state index in [4.69, 9.17) is 18.0 Å². The molecule has 3 N–H and O–H groups in total. The van der Waals surface area contributed by atoms with Gasteiger partial charge in [0.1, 0.15) is 0 Å². The second-order valence-electron chi connectivity index (χ2n) is 5.29. The lowest BCUT2D eigenvalue weighted by Gasteiger charge is -2.03. The zero-order chi connectivity index (χ0) is 14.8. The van der Waals surface area contributed by atoms with Crippen LogP contribution in [0.15, 0.2) is 42.5 Å². The number of benzene rings is 2. The first-order valence-corrected chi connectivity index (χ1v) is 7.42. The average Bonchev–Trinajstić information content (AvgIpc) is 3.32. The van der Waals surface area contributed by atoms with Crippen molar-refractivity contribution in [2.45, 2.75) is 18.8 Å². The number of fused-ring (bicyclic) bond motifs is 1. The van der Waals surface area contributed by atoms with Gasteiger partial charge in [0.05, 0.1) is 0 Å². The van der Waals surface area contributed by atoms with Crippen molar-refractivity contribution in [1.82, 2.24) is 14.8 Å². The Kier molecular flexibility index (Phi) is 3.75. The van der Waals surface area contributed by atoms with Crippen molar-refractivity contribution in [2.24, 2.45) is 7.05 Å². The van der Waals surface area contributed by atoms with E-state index in [0.717, 1.165) is 5.92 Å². The number of H-pyrrole nitrogens is 1. The Bertz CT molecular complexity index is 809. The molecule has 0 saturated heterocycles. The zero-order valence-electron chi connectivity index (χ0n) is 11.9. The van der Waals surface area contributed by atoms with Crippen LogP contribution in [-0.2, 0) is 7.05 Å². The molecule has 1 saturated carbocycles. The SMILES string of the molecule is Cn1c(N)n[nH]c1=S.c1ccc2c(C3CC3)cccc2c1. The summed E-state index contributed by atoms with van der Waals surface area (Å²) in [7, 11) is 1.75. The monoisotopic (exact) mass is 298 g/mol. The Morgan fingerprint density at radius 2 is 1.90 bits per heavy atom. The number of hydrogen-bond donors (Lipinski definition) is 2. The minimum Gasteiger partial charge on any atom is -0.368 e. The minimum absolute atomic E-state index is 0.412. The predicted molar refractivity (Wildman–Crippen MR) is 88.7 cm³/mol. The van der Waals surface area contributed by atoms with Crippen LogP contribution in [0.1, 0.15) is 24.3 Å². The lowest BCUT2D eigenvalue weighted by molar-refractivity contribution is 0.906. The molecule has 0 unspecified atom stereocenters. The van der Waals surface area contributed by atoms with Crippen LogP contribution < -0.4 is 5.73 Å². The molecule has 4 rings (SSSR count). The van der Waals surface area contributed by atoms with Crippen molar-refractivity contribution < 1.29 is 0 Å². The van der Waals surface area contributed by atoms with Gasteiger partial charge in [0.25, 0.3) is 0 Å². The molecule has 1 aromatic heterocycles. The largest absolute Gasteiger partial charge is 0.368 e. The maximum atomic E-state index is 5.29. The van der Waals surface area contributed by atoms with Gasteiger partial charge in [0.15, 0.2) is 4.77 Å². The molecule has 0 aliphatic heterocycles. The van der Waals surface area contributed by atoms with Crippen LogP contribution in [-0.4, -0.2) is 14.8 Å². The van der Waals surface area contributed by atoms with Gasteiger partial charge < -0.3 is 5.73 Å². The van der Waals surface area contributed by atoms with E-state index in [-0.39, 0.29) is 0 Å². The number of rotatable bonds is 1. The first kappa shape index (κ1) is 13.8. The number of nitrogens with one attached hydrogen (secondary N) is 1. The fourth-order valence-electron chi connectivity index (χ4n) is 2.36. The lowest BCUT2D eigenvalue weighted by Crippen LogP contribution is -1.95. The van der Waals surface area contributed by atoms with Crippen molar-refractivity contribution >= 4 is 28.9 Å². The maximum Gasteiger partial charge on any atom is 0.220 e. The highest BCUT2D eigenvalue weighted by molar-refractivity contribution is 7.71. The molecule has 0 atom stereocenters. The molecule has 5 heteroatoms. The van der Waals surface area contributed by atoms with Gasteiger partial charge in [-0.3, -0.25) is 4.57 Å². The van der Waals surface area contributed by atoms with Crippen LogP contribution in [0.2, 0.25) is 0 Å². The van der Waals surface area contributed by atoms with Crippen LogP contribution >= 0.6 is 12.2 Å². The quantitative estimate of drug-likeness (QED) is 0.672. The first-order valence-electron chi connectivity index (χ1n) is 7.01. The normalized spacial score (nSPS) is 13.8. The van der Waals surface area contributed by atoms with Crippen molar-refractivity contribution in [3.05, 3.63) is 52.8 Å². The third kappa shape index (κ3) is 2.97. The average molecular weight is 298 g/mol. The third-order valence-electron chi connectivity index (χ3n) is 3.75. The molecule has 3 aromatic rings. The molecule has 21 heavy (non-hydrogen) atoms. The van der Waals surface area contributed by atoms with Crippen molar-refractivity contribution in [3.63, 3.8) is 0 Å². The molecule has 0 bridgehead atoms. The summed E-state index contributed by atoms with van der Waals surface area (Å²) in [6.45, 7) is 0. The van der Waals surface area contributed by atoms with E-state index in [1.807, 2.05) is 0 Å². The molecule has 0 amide bonds. The molecule has 1 fully saturated rings. The van der Waals surface area contributed by atoms with E-state index in [9.17, 15) is 0 Å². The number of nitrogen functional groups attached to an aromatic ring is 1. The van der Waals surface area contributed by atoms with E-state index in [1.165, 1.54) is 23.6 Å². The molecule has 4 nitrogen and oxygen atoms in total. The molecule has 0 spiro atoms. The third-order valence-corrected chi connectivity index (χ3v) is 4.12. The van der Waals surface area contributed by atoms with Gasteiger partial charge in [-0.2, -0.15) is 0 Å². The summed E-state index contributed by atoms with van der Waals surface area (Å²) >= 11 is 4.74. The van der Waals surface area contributed by atoms with Gasteiger partial charge in [-0.15, -0.1) is 5.10 Å². The lowest BCUT2D eigenvalue weighted by atomic mass is 10.0. The van der Waals surface area contributed by atoms with Crippen LogP contribution in [0.4, 0.5) is 5.95 Å². The van der Waals surface area contributed by atoms with E-state index in [0.29, 0.717) is 10.7 Å². The number of nitrogens with zero attached hydrogens (tertiary/aromatic N) is 2. The van der Waals surface area contributed by atoms with Crippen molar-refractivity contribution in [1.29, 1.82) is 0 Å². The first-order chi connectivity index (χ1) is 10.2.